The molecule has 1 aliphatic heterocycles. The molecular formula is C13H20N2O4. The van der Waals surface area contributed by atoms with Crippen molar-refractivity contribution in [3.05, 3.63) is 0 Å². The molecule has 0 spiro atoms. The lowest BCUT2D eigenvalue weighted by Crippen LogP contribution is -2.43. The number of carbonyl (C=O) groups excluding carboxylic acids is 2. The van der Waals surface area contributed by atoms with Gasteiger partial charge in [-0.3, -0.25) is 14.4 Å². The van der Waals surface area contributed by atoms with Crippen molar-refractivity contribution in [1.29, 1.82) is 0 Å². The van der Waals surface area contributed by atoms with Gasteiger partial charge in [-0.05, 0) is 18.3 Å². The first kappa shape index (κ1) is 13.8. The molecule has 2 amide bonds. The minimum Gasteiger partial charge on any atom is -0.481 e. The van der Waals surface area contributed by atoms with Crippen molar-refractivity contribution in [2.24, 2.45) is 28.9 Å². The largest absolute Gasteiger partial charge is 0.481 e. The maximum Gasteiger partial charge on any atom is 0.307 e. The Bertz CT molecular complexity index is 424. The van der Waals surface area contributed by atoms with Crippen molar-refractivity contribution in [2.45, 2.75) is 26.7 Å². The number of hydrogen-bond donors (Lipinski definition) is 2. The van der Waals surface area contributed by atoms with E-state index in [4.69, 9.17) is 10.8 Å². The summed E-state index contributed by atoms with van der Waals surface area (Å²) in [6.45, 7) is 4.60. The number of carboxylic acid groups (broad SMARTS) is 1. The summed E-state index contributed by atoms with van der Waals surface area (Å²) in [4.78, 5) is 36.1. The van der Waals surface area contributed by atoms with Crippen LogP contribution in [-0.2, 0) is 14.4 Å². The van der Waals surface area contributed by atoms with Crippen LogP contribution in [-0.4, -0.2) is 40.9 Å². The molecule has 6 nitrogen and oxygen atoms in total. The Hall–Kier alpha value is -1.59. The number of aliphatic carboxylic acids is 1. The Kier molecular flexibility index (Phi) is 3.28. The van der Waals surface area contributed by atoms with Crippen LogP contribution in [0.4, 0.5) is 0 Å². The molecule has 0 aromatic carbocycles. The zero-order chi connectivity index (χ0) is 14.4. The summed E-state index contributed by atoms with van der Waals surface area (Å²) >= 11 is 0. The third-order valence-electron chi connectivity index (χ3n) is 4.57. The third kappa shape index (κ3) is 2.31. The van der Waals surface area contributed by atoms with Crippen LogP contribution in [0.3, 0.4) is 0 Å². The van der Waals surface area contributed by atoms with Crippen LogP contribution >= 0.6 is 0 Å². The lowest BCUT2D eigenvalue weighted by molar-refractivity contribution is -0.142. The van der Waals surface area contributed by atoms with Gasteiger partial charge in [-0.1, -0.05) is 13.8 Å². The number of nitrogens with two attached hydrogens (primary N) is 1. The Balaban J connectivity index is 1.96. The van der Waals surface area contributed by atoms with Crippen molar-refractivity contribution < 1.29 is 19.5 Å². The number of likely N-dealkylation sites (tertiary alicyclic amines) is 1. The highest BCUT2D eigenvalue weighted by molar-refractivity contribution is 5.91. The highest BCUT2D eigenvalue weighted by atomic mass is 16.4. The number of rotatable bonds is 3. The maximum atomic E-state index is 12.3. The molecule has 0 aromatic heterocycles. The van der Waals surface area contributed by atoms with Gasteiger partial charge < -0.3 is 15.7 Å². The van der Waals surface area contributed by atoms with Crippen LogP contribution in [0.5, 0.6) is 0 Å². The van der Waals surface area contributed by atoms with Crippen molar-refractivity contribution in [3.63, 3.8) is 0 Å². The van der Waals surface area contributed by atoms with E-state index in [1.165, 1.54) is 0 Å². The topological polar surface area (TPSA) is 101 Å². The number of primary amides is 1. The normalized spacial score (nSPS) is 29.9. The van der Waals surface area contributed by atoms with Crippen molar-refractivity contribution in [1.82, 2.24) is 4.90 Å². The van der Waals surface area contributed by atoms with Gasteiger partial charge in [-0.2, -0.15) is 0 Å². The van der Waals surface area contributed by atoms with Crippen LogP contribution in [0.1, 0.15) is 26.7 Å². The van der Waals surface area contributed by atoms with Gasteiger partial charge in [-0.15, -0.1) is 0 Å². The summed E-state index contributed by atoms with van der Waals surface area (Å²) in [5.74, 6) is -2.51. The van der Waals surface area contributed by atoms with Gasteiger partial charge in [0.1, 0.15) is 0 Å². The number of nitrogens with zero attached hydrogens (tertiary/aromatic N) is 1. The van der Waals surface area contributed by atoms with Gasteiger partial charge in [0.05, 0.1) is 11.8 Å². The van der Waals surface area contributed by atoms with Gasteiger partial charge in [0, 0.05) is 19.0 Å². The quantitative estimate of drug-likeness (QED) is 0.756. The van der Waals surface area contributed by atoms with Crippen molar-refractivity contribution in [2.75, 3.05) is 13.1 Å². The van der Waals surface area contributed by atoms with Gasteiger partial charge in [0.2, 0.25) is 11.8 Å². The second kappa shape index (κ2) is 4.51. The van der Waals surface area contributed by atoms with E-state index >= 15 is 0 Å². The molecule has 0 bridgehead atoms. The number of carboxylic acids is 1. The smallest absolute Gasteiger partial charge is 0.307 e. The molecular weight excluding hydrogens is 248 g/mol. The number of carbonyl (C=O) groups is 3. The molecule has 3 N–H and O–H groups in total. The first-order valence-electron chi connectivity index (χ1n) is 6.57. The highest BCUT2D eigenvalue weighted by Crippen LogP contribution is 2.59. The number of amides is 2. The SMILES string of the molecule is CC1(C)[C@@H](C(=O)O)[C@@H]1C(=O)N1CCC(C(N)=O)CC1. The van der Waals surface area contributed by atoms with E-state index in [0.29, 0.717) is 25.9 Å². The number of hydrogen-bond acceptors (Lipinski definition) is 3. The van der Waals surface area contributed by atoms with E-state index in [9.17, 15) is 14.4 Å². The lowest BCUT2D eigenvalue weighted by Gasteiger charge is -2.31. The Morgan fingerprint density at radius 2 is 1.68 bits per heavy atom. The fraction of sp³-hybridized carbons (Fsp3) is 0.769. The molecule has 2 rings (SSSR count). The zero-order valence-electron chi connectivity index (χ0n) is 11.3. The van der Waals surface area contributed by atoms with Crippen LogP contribution in [0.15, 0.2) is 0 Å². The first-order chi connectivity index (χ1) is 8.76. The van der Waals surface area contributed by atoms with Gasteiger partial charge >= 0.3 is 5.97 Å². The van der Waals surface area contributed by atoms with Crippen LogP contribution < -0.4 is 5.73 Å². The maximum absolute atomic E-state index is 12.3. The average Bonchev–Trinajstić information content (AvgIpc) is 2.91. The molecule has 2 atom stereocenters. The standard InChI is InChI=1S/C13H20N2O4/c1-13(2)8(9(13)12(18)19)11(17)15-5-3-7(4-6-15)10(14)16/h7-9H,3-6H2,1-2H3,(H2,14,16)(H,18,19)/t8-,9-/m1/s1. The molecule has 1 saturated carbocycles. The van der Waals surface area contributed by atoms with Gasteiger partial charge in [0.15, 0.2) is 0 Å². The lowest BCUT2D eigenvalue weighted by atomic mass is 9.95. The molecule has 0 radical (unpaired) electrons. The molecule has 1 aliphatic carbocycles. The summed E-state index contributed by atoms with van der Waals surface area (Å²) in [5, 5.41) is 9.09. The molecule has 2 aliphatic rings. The zero-order valence-corrected chi connectivity index (χ0v) is 11.3. The van der Waals surface area contributed by atoms with Crippen LogP contribution in [0.25, 0.3) is 0 Å². The molecule has 1 heterocycles. The average molecular weight is 268 g/mol. The van der Waals surface area contributed by atoms with Crippen molar-refractivity contribution in [3.8, 4) is 0 Å². The third-order valence-corrected chi connectivity index (χ3v) is 4.57. The molecule has 106 valence electrons. The van der Waals surface area contributed by atoms with E-state index in [-0.39, 0.29) is 17.7 Å². The van der Waals surface area contributed by atoms with Crippen molar-refractivity contribution >= 4 is 17.8 Å². The van der Waals surface area contributed by atoms with Crippen LogP contribution in [0, 0.1) is 23.2 Å². The first-order valence-corrected chi connectivity index (χ1v) is 6.57. The van der Waals surface area contributed by atoms with Gasteiger partial charge in [-0.25, -0.2) is 0 Å². The fourth-order valence-electron chi connectivity index (χ4n) is 3.14. The fourth-order valence-corrected chi connectivity index (χ4v) is 3.14. The summed E-state index contributed by atoms with van der Waals surface area (Å²) in [7, 11) is 0. The molecule has 1 saturated heterocycles. The van der Waals surface area contributed by atoms with E-state index in [1.54, 1.807) is 4.90 Å². The van der Waals surface area contributed by atoms with Gasteiger partial charge in [0.25, 0.3) is 0 Å². The second-order valence-corrected chi connectivity index (χ2v) is 6.12. The Morgan fingerprint density at radius 1 is 1.16 bits per heavy atom. The predicted octanol–water partition coefficient (Wildman–Crippen LogP) is 0.0671. The minimum atomic E-state index is -0.907. The highest BCUT2D eigenvalue weighted by Gasteiger charge is 2.66. The molecule has 0 unspecified atom stereocenters. The summed E-state index contributed by atoms with van der Waals surface area (Å²) in [5.41, 5.74) is 4.78. The molecule has 6 heteroatoms. The summed E-state index contributed by atoms with van der Waals surface area (Å²) < 4.78 is 0. The second-order valence-electron chi connectivity index (χ2n) is 6.12. The Labute approximate surface area is 111 Å². The molecule has 2 fully saturated rings. The molecule has 0 aromatic rings. The van der Waals surface area contributed by atoms with E-state index in [1.807, 2.05) is 13.8 Å². The van der Waals surface area contributed by atoms with E-state index in [2.05, 4.69) is 0 Å². The monoisotopic (exact) mass is 268 g/mol. The van der Waals surface area contributed by atoms with E-state index in [0.717, 1.165) is 0 Å². The minimum absolute atomic E-state index is 0.0969. The van der Waals surface area contributed by atoms with Crippen LogP contribution in [0.2, 0.25) is 0 Å². The van der Waals surface area contributed by atoms with E-state index < -0.39 is 23.2 Å². The number of piperidine rings is 1. The Morgan fingerprint density at radius 3 is 2.05 bits per heavy atom. The summed E-state index contributed by atoms with van der Waals surface area (Å²) in [6.07, 6.45) is 1.15. The molecule has 19 heavy (non-hydrogen) atoms. The summed E-state index contributed by atoms with van der Waals surface area (Å²) in [6, 6.07) is 0. The predicted molar refractivity (Wildman–Crippen MR) is 66.9 cm³/mol.